The first kappa shape index (κ1) is 16.1. The van der Waals surface area contributed by atoms with Crippen molar-refractivity contribution in [3.8, 4) is 5.75 Å². The summed E-state index contributed by atoms with van der Waals surface area (Å²) in [6, 6.07) is 9.17. The average molecular weight is 297 g/mol. The van der Waals surface area contributed by atoms with Crippen LogP contribution < -0.4 is 10.3 Å². The van der Waals surface area contributed by atoms with Gasteiger partial charge in [0, 0.05) is 11.5 Å². The molecule has 1 heterocycles. The molecule has 1 N–H and O–H groups in total. The zero-order chi connectivity index (χ0) is 15.9. The van der Waals surface area contributed by atoms with Crippen LogP contribution in [0.5, 0.6) is 5.75 Å². The highest BCUT2D eigenvalue weighted by Crippen LogP contribution is 2.21. The maximum atomic E-state index is 11.6. The van der Waals surface area contributed by atoms with E-state index in [9.17, 15) is 4.79 Å². The minimum Gasteiger partial charge on any atom is -0.489 e. The van der Waals surface area contributed by atoms with Gasteiger partial charge in [-0.2, -0.15) is 0 Å². The number of aromatic amines is 1. The SMILES string of the molecule is CC(C)=CCC/C(C)=C/COc1cc(=O)[nH]c2ccccc12. The summed E-state index contributed by atoms with van der Waals surface area (Å²) >= 11 is 0. The Morgan fingerprint density at radius 1 is 1.18 bits per heavy atom. The number of para-hydroxylation sites is 1. The van der Waals surface area contributed by atoms with Gasteiger partial charge in [0.15, 0.2) is 0 Å². The Labute approximate surface area is 131 Å². The molecule has 2 aromatic rings. The third kappa shape index (κ3) is 4.62. The highest BCUT2D eigenvalue weighted by atomic mass is 16.5. The maximum Gasteiger partial charge on any atom is 0.252 e. The van der Waals surface area contributed by atoms with Gasteiger partial charge in [0.1, 0.15) is 12.4 Å². The smallest absolute Gasteiger partial charge is 0.252 e. The first-order valence-electron chi connectivity index (χ1n) is 7.60. The first-order valence-corrected chi connectivity index (χ1v) is 7.60. The summed E-state index contributed by atoms with van der Waals surface area (Å²) in [4.78, 5) is 14.5. The molecule has 0 saturated carbocycles. The van der Waals surface area contributed by atoms with E-state index in [-0.39, 0.29) is 5.56 Å². The number of fused-ring (bicyclic) bond motifs is 1. The van der Waals surface area contributed by atoms with Crippen LogP contribution in [0.2, 0.25) is 0 Å². The van der Waals surface area contributed by atoms with E-state index >= 15 is 0 Å². The van der Waals surface area contributed by atoms with E-state index in [4.69, 9.17) is 4.74 Å². The van der Waals surface area contributed by atoms with Crippen molar-refractivity contribution in [2.45, 2.75) is 33.6 Å². The van der Waals surface area contributed by atoms with Crippen LogP contribution in [0.15, 0.2) is 58.4 Å². The lowest BCUT2D eigenvalue weighted by atomic mass is 10.1. The fourth-order valence-electron chi connectivity index (χ4n) is 2.26. The summed E-state index contributed by atoms with van der Waals surface area (Å²) in [5, 5.41) is 0.928. The number of allylic oxidation sites excluding steroid dienone is 3. The molecule has 0 amide bonds. The second-order valence-corrected chi connectivity index (χ2v) is 5.73. The summed E-state index contributed by atoms with van der Waals surface area (Å²) in [6.07, 6.45) is 6.40. The lowest BCUT2D eigenvalue weighted by Crippen LogP contribution is -2.06. The average Bonchev–Trinajstić information content (AvgIpc) is 2.46. The molecule has 116 valence electrons. The van der Waals surface area contributed by atoms with Crippen LogP contribution in [0, 0.1) is 0 Å². The summed E-state index contributed by atoms with van der Waals surface area (Å²) in [7, 11) is 0. The lowest BCUT2D eigenvalue weighted by molar-refractivity contribution is 0.365. The van der Waals surface area contributed by atoms with Crippen molar-refractivity contribution in [1.82, 2.24) is 4.98 Å². The zero-order valence-corrected chi connectivity index (χ0v) is 13.5. The molecule has 0 fully saturated rings. The third-order valence-corrected chi connectivity index (χ3v) is 3.47. The van der Waals surface area contributed by atoms with Gasteiger partial charge in [0.05, 0.1) is 5.52 Å². The second kappa shape index (κ2) is 7.64. The van der Waals surface area contributed by atoms with Crippen molar-refractivity contribution in [2.24, 2.45) is 0 Å². The molecule has 1 aromatic carbocycles. The first-order chi connectivity index (χ1) is 10.6. The minimum atomic E-state index is -0.141. The fraction of sp³-hybridized carbons (Fsp3) is 0.316. The van der Waals surface area contributed by atoms with Crippen LogP contribution in [-0.4, -0.2) is 11.6 Å². The van der Waals surface area contributed by atoms with Crippen LogP contribution in [0.3, 0.4) is 0 Å². The van der Waals surface area contributed by atoms with Crippen molar-refractivity contribution >= 4 is 10.9 Å². The molecule has 22 heavy (non-hydrogen) atoms. The number of hydrogen-bond acceptors (Lipinski definition) is 2. The predicted octanol–water partition coefficient (Wildman–Crippen LogP) is 4.60. The number of hydrogen-bond donors (Lipinski definition) is 1. The molecular formula is C19H23NO2. The van der Waals surface area contributed by atoms with Crippen LogP contribution in [0.4, 0.5) is 0 Å². The monoisotopic (exact) mass is 297 g/mol. The van der Waals surface area contributed by atoms with E-state index in [0.717, 1.165) is 23.7 Å². The highest BCUT2D eigenvalue weighted by molar-refractivity contribution is 5.84. The molecule has 3 heteroatoms. The number of pyridine rings is 1. The van der Waals surface area contributed by atoms with E-state index in [1.165, 1.54) is 17.2 Å². The van der Waals surface area contributed by atoms with Crippen LogP contribution in [0.25, 0.3) is 10.9 Å². The second-order valence-electron chi connectivity index (χ2n) is 5.73. The summed E-state index contributed by atoms with van der Waals surface area (Å²) in [5.41, 5.74) is 3.30. The van der Waals surface area contributed by atoms with Gasteiger partial charge in [-0.05, 0) is 51.8 Å². The van der Waals surface area contributed by atoms with E-state index in [1.54, 1.807) is 0 Å². The number of H-pyrrole nitrogens is 1. The van der Waals surface area contributed by atoms with Gasteiger partial charge >= 0.3 is 0 Å². The number of nitrogens with one attached hydrogen (secondary N) is 1. The number of benzene rings is 1. The van der Waals surface area contributed by atoms with Gasteiger partial charge in [-0.15, -0.1) is 0 Å². The van der Waals surface area contributed by atoms with Gasteiger partial charge < -0.3 is 9.72 Å². The van der Waals surface area contributed by atoms with Gasteiger partial charge in [0.2, 0.25) is 0 Å². The number of rotatable bonds is 6. The molecule has 0 atom stereocenters. The standard InChI is InChI=1S/C19H23NO2/c1-14(2)7-6-8-15(3)11-12-22-18-13-19(21)20-17-10-5-4-9-16(17)18/h4-5,7,9-11,13H,6,8,12H2,1-3H3,(H,20,21)/b15-11+. The van der Waals surface area contributed by atoms with Crippen molar-refractivity contribution in [2.75, 3.05) is 6.61 Å². The maximum absolute atomic E-state index is 11.6. The molecule has 0 saturated heterocycles. The Morgan fingerprint density at radius 3 is 2.73 bits per heavy atom. The van der Waals surface area contributed by atoms with Gasteiger partial charge in [0.25, 0.3) is 5.56 Å². The Bertz CT molecular complexity index is 749. The normalized spacial score (nSPS) is 11.5. The minimum absolute atomic E-state index is 0.141. The molecule has 0 aliphatic rings. The number of aromatic nitrogens is 1. The molecule has 3 nitrogen and oxygen atoms in total. The van der Waals surface area contributed by atoms with Crippen molar-refractivity contribution < 1.29 is 4.74 Å². The third-order valence-electron chi connectivity index (χ3n) is 3.47. The predicted molar refractivity (Wildman–Crippen MR) is 92.5 cm³/mol. The number of ether oxygens (including phenoxy) is 1. The Hall–Kier alpha value is -2.29. The summed E-state index contributed by atoms with van der Waals surface area (Å²) < 4.78 is 5.79. The molecular weight excluding hydrogens is 274 g/mol. The largest absolute Gasteiger partial charge is 0.489 e. The van der Waals surface area contributed by atoms with Crippen LogP contribution in [-0.2, 0) is 0 Å². The van der Waals surface area contributed by atoms with E-state index in [1.807, 2.05) is 24.3 Å². The Balaban J connectivity index is 2.03. The molecule has 0 aliphatic carbocycles. The Kier molecular flexibility index (Phi) is 5.59. The molecule has 0 bridgehead atoms. The van der Waals surface area contributed by atoms with Crippen molar-refractivity contribution in [3.05, 3.63) is 64.0 Å². The van der Waals surface area contributed by atoms with Crippen LogP contribution in [0.1, 0.15) is 33.6 Å². The van der Waals surface area contributed by atoms with Gasteiger partial charge in [-0.1, -0.05) is 29.4 Å². The van der Waals surface area contributed by atoms with Gasteiger partial charge in [-0.25, -0.2) is 0 Å². The highest BCUT2D eigenvalue weighted by Gasteiger charge is 2.03. The molecule has 0 unspecified atom stereocenters. The summed E-state index contributed by atoms with van der Waals surface area (Å²) in [6.45, 7) is 6.81. The molecule has 1 aromatic heterocycles. The van der Waals surface area contributed by atoms with Crippen molar-refractivity contribution in [1.29, 1.82) is 0 Å². The summed E-state index contributed by atoms with van der Waals surface area (Å²) in [5.74, 6) is 0.632. The molecule has 0 radical (unpaired) electrons. The van der Waals surface area contributed by atoms with Crippen molar-refractivity contribution in [3.63, 3.8) is 0 Å². The zero-order valence-electron chi connectivity index (χ0n) is 13.5. The van der Waals surface area contributed by atoms with E-state index < -0.39 is 0 Å². The molecule has 0 aliphatic heterocycles. The Morgan fingerprint density at radius 2 is 1.95 bits per heavy atom. The quantitative estimate of drug-likeness (QED) is 0.792. The van der Waals surface area contributed by atoms with E-state index in [0.29, 0.717) is 12.4 Å². The lowest BCUT2D eigenvalue weighted by Gasteiger charge is -2.07. The van der Waals surface area contributed by atoms with E-state index in [2.05, 4.69) is 37.9 Å². The topological polar surface area (TPSA) is 42.1 Å². The molecule has 2 rings (SSSR count). The molecule has 0 spiro atoms. The fourth-order valence-corrected chi connectivity index (χ4v) is 2.26. The van der Waals surface area contributed by atoms with Crippen LogP contribution >= 0.6 is 0 Å². The van der Waals surface area contributed by atoms with Gasteiger partial charge in [-0.3, -0.25) is 4.79 Å².